The first-order valence-corrected chi connectivity index (χ1v) is 13.8. The van der Waals surface area contributed by atoms with E-state index in [4.69, 9.17) is 19.8 Å². The van der Waals surface area contributed by atoms with E-state index in [2.05, 4.69) is 32.6 Å². The van der Waals surface area contributed by atoms with Gasteiger partial charge in [-0.2, -0.15) is 31.3 Å². The highest BCUT2D eigenvalue weighted by molar-refractivity contribution is 7.78. The van der Waals surface area contributed by atoms with Crippen molar-refractivity contribution in [2.24, 2.45) is 4.99 Å². The van der Waals surface area contributed by atoms with E-state index in [1.165, 1.54) is 0 Å². The van der Waals surface area contributed by atoms with Gasteiger partial charge in [-0.05, 0) is 62.4 Å². The van der Waals surface area contributed by atoms with Crippen LogP contribution in [0.25, 0.3) is 0 Å². The van der Waals surface area contributed by atoms with Crippen LogP contribution in [0, 0.1) is 0 Å². The zero-order chi connectivity index (χ0) is 35.3. The molecule has 1 aliphatic rings. The van der Waals surface area contributed by atoms with Crippen LogP contribution in [-0.4, -0.2) is 142 Å². The largest absolute Gasteiger partial charge is 0.490 e. The lowest BCUT2D eigenvalue weighted by molar-refractivity contribution is -0.193. The van der Waals surface area contributed by atoms with Crippen molar-refractivity contribution in [3.63, 3.8) is 0 Å². The van der Waals surface area contributed by atoms with Crippen molar-refractivity contribution < 1.29 is 65.9 Å². The first kappa shape index (κ1) is 42.3. The maximum absolute atomic E-state index is 11.3. The van der Waals surface area contributed by atoms with E-state index in [1.807, 2.05) is 34.1 Å². The van der Waals surface area contributed by atoms with Gasteiger partial charge in [-0.25, -0.2) is 9.59 Å². The van der Waals surface area contributed by atoms with Gasteiger partial charge in [0.25, 0.3) is 0 Å². The van der Waals surface area contributed by atoms with Crippen LogP contribution in [0.1, 0.15) is 18.4 Å². The van der Waals surface area contributed by atoms with Crippen LogP contribution in [0.4, 0.5) is 32.0 Å². The minimum Gasteiger partial charge on any atom is -0.480 e. The van der Waals surface area contributed by atoms with Gasteiger partial charge in [0.2, 0.25) is 0 Å². The van der Waals surface area contributed by atoms with Crippen LogP contribution in [0.2, 0.25) is 0 Å². The highest BCUT2D eigenvalue weighted by Gasteiger charge is 2.38. The molecular formula is C26H35F6N5O8S. The Labute approximate surface area is 265 Å². The van der Waals surface area contributed by atoms with Crippen LogP contribution in [0.3, 0.4) is 0 Å². The van der Waals surface area contributed by atoms with E-state index in [9.17, 15) is 46.1 Å². The summed E-state index contributed by atoms with van der Waals surface area (Å²) in [6.45, 7) is 6.56. The van der Waals surface area contributed by atoms with Crippen LogP contribution in [0.15, 0.2) is 29.3 Å². The zero-order valence-corrected chi connectivity index (χ0v) is 25.2. The molecule has 1 aromatic carbocycles. The number of alkyl halides is 6. The third kappa shape index (κ3) is 21.9. The number of benzene rings is 1. The number of thiocarbonyl (C=S) groups is 1. The average molecular weight is 692 g/mol. The third-order valence-corrected chi connectivity index (χ3v) is 5.93. The minimum atomic E-state index is -5.08. The molecular weight excluding hydrogens is 656 g/mol. The van der Waals surface area contributed by atoms with Gasteiger partial charge in [0.15, 0.2) is 0 Å². The zero-order valence-electron chi connectivity index (χ0n) is 24.4. The number of nitrogens with zero attached hydrogens (tertiary/aromatic N) is 4. The van der Waals surface area contributed by atoms with Crippen molar-refractivity contribution in [3.8, 4) is 0 Å². The predicted molar refractivity (Wildman–Crippen MR) is 154 cm³/mol. The SMILES string of the molecule is O=C(O)C(F)(F)F.O=C(O)C(F)(F)F.O=C(O)CN1CCCN(Cc2ccc(N=C=S)cc2)CCN(CC(=O)O)CCCNCC1. The molecule has 2 rings (SSSR count). The topological polar surface area (TPSA) is 183 Å². The number of hydrogen-bond acceptors (Lipinski definition) is 10. The van der Waals surface area contributed by atoms with Crippen LogP contribution >= 0.6 is 12.2 Å². The second kappa shape index (κ2) is 22.0. The van der Waals surface area contributed by atoms with E-state index in [0.717, 1.165) is 50.3 Å². The molecule has 0 saturated carbocycles. The Kier molecular flexibility index (Phi) is 20.2. The summed E-state index contributed by atoms with van der Waals surface area (Å²) in [5.74, 6) is -7.14. The summed E-state index contributed by atoms with van der Waals surface area (Å²) in [6.07, 6.45) is -8.49. The van der Waals surface area contributed by atoms with E-state index in [-0.39, 0.29) is 13.1 Å². The van der Waals surface area contributed by atoms with Gasteiger partial charge in [0.1, 0.15) is 0 Å². The molecule has 0 amide bonds. The Morgan fingerprint density at radius 1 is 0.717 bits per heavy atom. The van der Waals surface area contributed by atoms with E-state index in [0.29, 0.717) is 32.7 Å². The fourth-order valence-corrected chi connectivity index (χ4v) is 3.88. The predicted octanol–water partition coefficient (Wildman–Crippen LogP) is 2.65. The summed E-state index contributed by atoms with van der Waals surface area (Å²) in [5, 5.41) is 38.4. The molecule has 1 heterocycles. The Bertz CT molecular complexity index is 1130. The Balaban J connectivity index is 0.00000120. The molecule has 0 bridgehead atoms. The summed E-state index contributed by atoms with van der Waals surface area (Å²) in [7, 11) is 0. The number of carboxylic acids is 4. The molecule has 1 saturated heterocycles. The lowest BCUT2D eigenvalue weighted by Crippen LogP contribution is -2.42. The van der Waals surface area contributed by atoms with Gasteiger partial charge in [0, 0.05) is 39.3 Å². The van der Waals surface area contributed by atoms with Gasteiger partial charge in [0.05, 0.1) is 23.9 Å². The van der Waals surface area contributed by atoms with Crippen molar-refractivity contribution in [2.75, 3.05) is 65.4 Å². The monoisotopic (exact) mass is 691 g/mol. The number of carbonyl (C=O) groups is 4. The molecule has 20 heteroatoms. The van der Waals surface area contributed by atoms with Crippen molar-refractivity contribution in [2.45, 2.75) is 31.7 Å². The third-order valence-electron chi connectivity index (χ3n) is 5.83. The molecule has 46 heavy (non-hydrogen) atoms. The molecule has 0 aliphatic carbocycles. The Hall–Kier alpha value is -3.68. The first-order chi connectivity index (χ1) is 21.3. The van der Waals surface area contributed by atoms with E-state index < -0.39 is 36.2 Å². The quantitative estimate of drug-likeness (QED) is 0.160. The van der Waals surface area contributed by atoms with Crippen LogP contribution in [0.5, 0.6) is 0 Å². The molecule has 5 N–H and O–H groups in total. The maximum atomic E-state index is 11.3. The molecule has 1 aliphatic heterocycles. The van der Waals surface area contributed by atoms with Crippen molar-refractivity contribution >= 4 is 46.9 Å². The van der Waals surface area contributed by atoms with Gasteiger partial charge in [-0.1, -0.05) is 12.1 Å². The number of isothiocyanates is 1. The van der Waals surface area contributed by atoms with Gasteiger partial charge >= 0.3 is 36.2 Å². The van der Waals surface area contributed by atoms with Crippen molar-refractivity contribution in [1.82, 2.24) is 20.0 Å². The normalized spacial score (nSPS) is 16.2. The number of aliphatic imine (C=N–C) groups is 1. The summed E-state index contributed by atoms with van der Waals surface area (Å²) < 4.78 is 63.5. The fourth-order valence-electron chi connectivity index (χ4n) is 3.77. The van der Waals surface area contributed by atoms with Gasteiger partial charge < -0.3 is 25.7 Å². The number of aliphatic carboxylic acids is 4. The molecule has 0 atom stereocenters. The number of halogens is 6. The smallest absolute Gasteiger partial charge is 0.480 e. The van der Waals surface area contributed by atoms with E-state index in [1.54, 1.807) is 0 Å². The van der Waals surface area contributed by atoms with Crippen LogP contribution < -0.4 is 5.32 Å². The second-order valence-corrected chi connectivity index (χ2v) is 9.73. The lowest BCUT2D eigenvalue weighted by atomic mass is 10.2. The van der Waals surface area contributed by atoms with Crippen molar-refractivity contribution in [1.29, 1.82) is 0 Å². The second-order valence-electron chi connectivity index (χ2n) is 9.55. The lowest BCUT2D eigenvalue weighted by Gasteiger charge is -2.29. The average Bonchev–Trinajstić information content (AvgIpc) is 2.93. The highest BCUT2D eigenvalue weighted by Crippen LogP contribution is 2.15. The molecule has 1 aromatic rings. The Morgan fingerprint density at radius 2 is 1.15 bits per heavy atom. The summed E-state index contributed by atoms with van der Waals surface area (Å²) >= 11 is 4.65. The molecule has 0 aromatic heterocycles. The van der Waals surface area contributed by atoms with Gasteiger partial charge in [-0.15, -0.1) is 0 Å². The molecule has 0 radical (unpaired) electrons. The minimum absolute atomic E-state index is 0.0322. The standard InChI is InChI=1S/C22H33N5O4S.2C2HF3O2/c28-21(29)16-25-10-2-11-26(15-19-3-5-20(6-4-19)24-18-32)13-14-27(17-22(30)31)9-1-7-23-8-12-25;2*3-2(4,5)1(6)7/h3-6,23H,1-2,7-17H2,(H,28,29)(H,30,31);2*(H,6,7). The Morgan fingerprint density at radius 3 is 1.61 bits per heavy atom. The number of rotatable bonds is 7. The number of nitrogens with one attached hydrogen (secondary N) is 1. The molecule has 1 fully saturated rings. The number of carboxylic acid groups (broad SMARTS) is 4. The number of hydrogen-bond donors (Lipinski definition) is 5. The van der Waals surface area contributed by atoms with Crippen LogP contribution in [-0.2, 0) is 25.7 Å². The maximum Gasteiger partial charge on any atom is 0.490 e. The summed E-state index contributed by atoms with van der Waals surface area (Å²) in [5.41, 5.74) is 1.89. The molecule has 0 spiro atoms. The van der Waals surface area contributed by atoms with E-state index >= 15 is 0 Å². The first-order valence-electron chi connectivity index (χ1n) is 13.4. The van der Waals surface area contributed by atoms with Gasteiger partial charge in [-0.3, -0.25) is 24.3 Å². The molecule has 260 valence electrons. The molecule has 13 nitrogen and oxygen atoms in total. The summed E-state index contributed by atoms with van der Waals surface area (Å²) in [6, 6.07) is 7.82. The van der Waals surface area contributed by atoms with Crippen molar-refractivity contribution in [3.05, 3.63) is 29.8 Å². The molecule has 0 unspecified atom stereocenters. The highest BCUT2D eigenvalue weighted by atomic mass is 32.1. The fraction of sp³-hybridized carbons (Fsp3) is 0.577. The summed E-state index contributed by atoms with van der Waals surface area (Å²) in [4.78, 5) is 50.5.